The zero-order valence-corrected chi connectivity index (χ0v) is 81.1. The van der Waals surface area contributed by atoms with E-state index in [0.29, 0.717) is 97.3 Å². The van der Waals surface area contributed by atoms with Crippen molar-refractivity contribution < 1.29 is 110 Å². The molecule has 0 fully saturated rings. The van der Waals surface area contributed by atoms with Gasteiger partial charge in [0.15, 0.2) is 25.0 Å². The Bertz CT molecular complexity index is 4710. The van der Waals surface area contributed by atoms with Crippen molar-refractivity contribution in [3.05, 3.63) is 198 Å². The minimum Gasteiger partial charge on any atom is -0.492 e. The summed E-state index contributed by atoms with van der Waals surface area (Å²) < 4.78 is 204. The second-order valence-corrected chi connectivity index (χ2v) is 54.3. The van der Waals surface area contributed by atoms with E-state index < -0.39 is 89.0 Å². The summed E-state index contributed by atoms with van der Waals surface area (Å²) in [6.07, 6.45) is 4.86. The Morgan fingerprint density at radius 1 is 0.419 bits per heavy atom. The molecule has 690 valence electrons. The molecule has 0 aromatic heterocycles. The molecular formula is C97H136F10O14Si3. The standard InChI is InChI=1S/C25H28F2O5.C20H32F2O2Si.C19H28F2O3Si.C19H30F2O2Si.C14H18F2O2/c1-24(2,30-4)25(26,27)20-7-5-6-19-18(20)10-11-21(19)32-16-8-9-17-15(12-23(28)29-3)14-31-22(17)13-16;1-18(2,3)25(7,8)24-17-13-12-14-15(17)10-9-11-16(14)20(21,22)19(4,5)23-6;1-7-23-17(22)19(20,21)15-10-8-9-14-13(15)11-12-16(14)24-25(5,6)18(2,3)4;1-17(2,3)24(6,7)23-16-12-11-13-14(16)9-8-10-15(13)19(20,21)18(4,5)22;1-13(2,18-3)14(15,16)11-6-4-5-10-9(11)7-8-12(10)17/h5-9,13,15,21H,10-12,14H2,1-4H3;9-11,17H,12-13H2,1-8H3;8-10,16H,7,11-12H2,1-6H3;8-10,16,22H,11-12H2,1-7H3;4-6,12,17H,7-8H2,1-3H3/t15-,21-;17-;2*16-;12-/m10000/s1. The number of benzene rings is 6. The van der Waals surface area contributed by atoms with Gasteiger partial charge in [-0.1, -0.05) is 159 Å². The van der Waals surface area contributed by atoms with Gasteiger partial charge < -0.3 is 56.6 Å². The Morgan fingerprint density at radius 2 is 0.734 bits per heavy atom. The van der Waals surface area contributed by atoms with Crippen LogP contribution in [0.25, 0.3) is 0 Å². The van der Waals surface area contributed by atoms with E-state index in [2.05, 4.69) is 106 Å². The fourth-order valence-corrected chi connectivity index (χ4v) is 19.6. The van der Waals surface area contributed by atoms with Gasteiger partial charge in [-0.3, -0.25) is 4.79 Å². The third-order valence-electron chi connectivity index (χ3n) is 27.4. The molecule has 0 spiro atoms. The molecule has 27 heteroatoms. The summed E-state index contributed by atoms with van der Waals surface area (Å²) in [7, 11) is -0.662. The van der Waals surface area contributed by atoms with Gasteiger partial charge in [-0.25, -0.2) is 4.79 Å². The van der Waals surface area contributed by atoms with Gasteiger partial charge in [0.2, 0.25) is 0 Å². The molecule has 6 aromatic carbocycles. The average Bonchev–Trinajstić information content (AvgIpc) is 1.52. The molecule has 124 heavy (non-hydrogen) atoms. The predicted octanol–water partition coefficient (Wildman–Crippen LogP) is 25.6. The molecule has 6 atom stereocenters. The summed E-state index contributed by atoms with van der Waals surface area (Å²) >= 11 is 0. The van der Waals surface area contributed by atoms with Crippen LogP contribution in [0.15, 0.2) is 109 Å². The molecule has 6 aromatic rings. The minimum absolute atomic E-state index is 0.00381. The zero-order valence-electron chi connectivity index (χ0n) is 78.1. The molecule has 0 bridgehead atoms. The maximum Gasteiger partial charge on any atom is 0.381 e. The maximum absolute atomic E-state index is 15.2. The lowest BCUT2D eigenvalue weighted by molar-refractivity contribution is -0.185. The number of hydrogen-bond donors (Lipinski definition) is 2. The Balaban J connectivity index is 0.000000194. The molecule has 0 saturated carbocycles. The summed E-state index contributed by atoms with van der Waals surface area (Å²) in [6.45, 7) is 45.2. The number of aliphatic hydroxyl groups excluding tert-OH is 1. The molecule has 6 aliphatic rings. The van der Waals surface area contributed by atoms with Crippen molar-refractivity contribution in [2.75, 3.05) is 41.7 Å². The fraction of sp³-hybridized carbons (Fsp3) is 0.608. The van der Waals surface area contributed by atoms with Crippen LogP contribution in [0.2, 0.25) is 54.4 Å². The first-order valence-electron chi connectivity index (χ1n) is 43.1. The van der Waals surface area contributed by atoms with Gasteiger partial charge in [0.25, 0.3) is 0 Å². The number of aliphatic hydroxyl groups is 2. The van der Waals surface area contributed by atoms with E-state index >= 15 is 17.6 Å². The van der Waals surface area contributed by atoms with E-state index in [1.54, 1.807) is 42.5 Å². The minimum atomic E-state index is -3.63. The molecule has 2 N–H and O–H groups in total. The average molecular weight is 1800 g/mol. The third-order valence-corrected chi connectivity index (χ3v) is 40.9. The van der Waals surface area contributed by atoms with Gasteiger partial charge in [-0.2, -0.15) is 43.9 Å². The highest BCUT2D eigenvalue weighted by atomic mass is 28.4. The second-order valence-electron chi connectivity index (χ2n) is 40.1. The van der Waals surface area contributed by atoms with Crippen LogP contribution in [-0.2, 0) is 108 Å². The largest absolute Gasteiger partial charge is 0.492 e. The monoisotopic (exact) mass is 1800 g/mol. The molecule has 14 nitrogen and oxygen atoms in total. The first-order valence-corrected chi connectivity index (χ1v) is 51.8. The summed E-state index contributed by atoms with van der Waals surface area (Å²) in [4.78, 5) is 23.3. The van der Waals surface area contributed by atoms with Gasteiger partial charge in [-0.05, 0) is 243 Å². The highest BCUT2D eigenvalue weighted by molar-refractivity contribution is 6.75. The van der Waals surface area contributed by atoms with Crippen LogP contribution in [0.3, 0.4) is 0 Å². The van der Waals surface area contributed by atoms with Crippen LogP contribution < -0.4 is 9.47 Å². The molecule has 1 aliphatic heterocycles. The van der Waals surface area contributed by atoms with Gasteiger partial charge in [0.1, 0.15) is 40.0 Å². The number of hydrogen-bond acceptors (Lipinski definition) is 14. The number of methoxy groups -OCH3 is 4. The number of rotatable bonds is 24. The lowest BCUT2D eigenvalue weighted by Gasteiger charge is -2.38. The van der Waals surface area contributed by atoms with Crippen LogP contribution in [0, 0.1) is 0 Å². The number of carbonyl (C=O) groups is 2. The highest BCUT2D eigenvalue weighted by Crippen LogP contribution is 2.55. The number of ether oxygens (including phenoxy) is 7. The Labute approximate surface area is 732 Å². The van der Waals surface area contributed by atoms with E-state index in [4.69, 9.17) is 41.7 Å². The van der Waals surface area contributed by atoms with Crippen molar-refractivity contribution >= 4 is 36.9 Å². The Morgan fingerprint density at radius 3 is 1.07 bits per heavy atom. The Hall–Kier alpha value is -6.51. The van der Waals surface area contributed by atoms with Gasteiger partial charge in [0, 0.05) is 66.7 Å². The van der Waals surface area contributed by atoms with E-state index in [1.165, 1.54) is 107 Å². The van der Waals surface area contributed by atoms with E-state index in [-0.39, 0.29) is 92.3 Å². The highest BCUT2D eigenvalue weighted by Gasteiger charge is 2.56. The van der Waals surface area contributed by atoms with Gasteiger partial charge in [-0.15, -0.1) is 0 Å². The van der Waals surface area contributed by atoms with Gasteiger partial charge >= 0.3 is 41.6 Å². The molecule has 5 aliphatic carbocycles. The third kappa shape index (κ3) is 21.3. The molecule has 1 heterocycles. The van der Waals surface area contributed by atoms with Crippen molar-refractivity contribution in [2.45, 2.75) is 338 Å². The van der Waals surface area contributed by atoms with Crippen molar-refractivity contribution in [3.8, 4) is 11.5 Å². The molecular weight excluding hydrogens is 1660 g/mol. The van der Waals surface area contributed by atoms with Crippen LogP contribution in [-0.4, -0.2) is 111 Å². The molecule has 0 saturated heterocycles. The van der Waals surface area contributed by atoms with Crippen LogP contribution >= 0.6 is 0 Å². The van der Waals surface area contributed by atoms with Crippen molar-refractivity contribution in [1.82, 2.24) is 0 Å². The lowest BCUT2D eigenvalue weighted by atomic mass is 9.88. The predicted molar refractivity (Wildman–Crippen MR) is 472 cm³/mol. The van der Waals surface area contributed by atoms with E-state index in [9.17, 15) is 46.1 Å². The maximum atomic E-state index is 15.2. The van der Waals surface area contributed by atoms with Crippen molar-refractivity contribution in [2.24, 2.45) is 0 Å². The molecule has 0 unspecified atom stereocenters. The van der Waals surface area contributed by atoms with Crippen LogP contribution in [0.1, 0.15) is 289 Å². The number of alkyl halides is 10. The summed E-state index contributed by atoms with van der Waals surface area (Å²) in [5, 5.41) is 19.9. The van der Waals surface area contributed by atoms with Crippen LogP contribution in [0.5, 0.6) is 11.5 Å². The number of fused-ring (bicyclic) bond motifs is 6. The smallest absolute Gasteiger partial charge is 0.381 e. The van der Waals surface area contributed by atoms with E-state index in [0.717, 1.165) is 60.1 Å². The molecule has 12 rings (SSSR count). The van der Waals surface area contributed by atoms with Crippen molar-refractivity contribution in [3.63, 3.8) is 0 Å². The normalized spacial score (nSPS) is 19.3. The van der Waals surface area contributed by atoms with Gasteiger partial charge in [0.05, 0.1) is 51.2 Å². The number of halogens is 10. The molecule has 0 amide bonds. The summed E-state index contributed by atoms with van der Waals surface area (Å²) in [6, 6.07) is 30.2. The Kier molecular flexibility index (Phi) is 31.4. The fourth-order valence-electron chi connectivity index (χ4n) is 15.6. The summed E-state index contributed by atoms with van der Waals surface area (Å²) in [5.74, 6) is -16.7. The number of esters is 2. The summed E-state index contributed by atoms with van der Waals surface area (Å²) in [5.41, 5.74) is 0.923. The first kappa shape index (κ1) is 103. The first-order chi connectivity index (χ1) is 56.8. The topological polar surface area (TPSA) is 167 Å². The van der Waals surface area contributed by atoms with Crippen molar-refractivity contribution in [1.29, 1.82) is 0 Å². The second kappa shape index (κ2) is 37.9. The SMILES string of the molecule is CC(C)(O)C(F)(F)c1cccc2c1CC[C@@H]2O[Si](C)(C)C(C)(C)C.CCOC(=O)C(F)(F)c1cccc2c1CC[C@@H]2O[Si](C)(C)C(C)(C)C.COC(=O)C[C@@H]1COc2cc(O[C@@H]3CCc4c3cccc4C(F)(F)C(C)(C)OC)ccc21.COC(C)(C)C(F)(F)c1cccc2c1CC[C@@H]2O.COC(C)(C)C(F)(F)c1cccc2c1CC[C@@H]2O[Si](C)(C)C(C)(C)C. The quantitative estimate of drug-likeness (QED) is 0.0334. The van der Waals surface area contributed by atoms with Crippen LogP contribution in [0.4, 0.5) is 43.9 Å². The van der Waals surface area contributed by atoms with E-state index in [1.807, 2.05) is 36.4 Å². The lowest BCUT2D eigenvalue weighted by Crippen LogP contribution is -2.43. The zero-order chi connectivity index (χ0) is 93.5. The number of carbonyl (C=O) groups excluding carboxylic acids is 2. The molecule has 0 radical (unpaired) electrons.